The summed E-state index contributed by atoms with van der Waals surface area (Å²) in [7, 11) is 0. The van der Waals surface area contributed by atoms with Crippen molar-refractivity contribution in [1.29, 1.82) is 0 Å². The molecule has 0 aliphatic carbocycles. The van der Waals surface area contributed by atoms with Gasteiger partial charge in [-0.25, -0.2) is 0 Å². The van der Waals surface area contributed by atoms with Crippen molar-refractivity contribution < 1.29 is 5.11 Å². The minimum Gasteiger partial charge on any atom is -0.507 e. The zero-order valence-electron chi connectivity index (χ0n) is 14.5. The minimum absolute atomic E-state index is 0.377. The number of hydrogen-bond donors (Lipinski definition) is 3. The Morgan fingerprint density at radius 1 is 0.957 bits per heavy atom. The molecule has 0 aliphatic heterocycles. The molecule has 0 aliphatic rings. The van der Waals surface area contributed by atoms with E-state index in [2.05, 4.69) is 17.2 Å². The van der Waals surface area contributed by atoms with Crippen molar-refractivity contribution in [1.82, 2.24) is 10.3 Å². The number of aromatic amines is 1. The molecule has 3 heteroatoms. The molecule has 3 N–H and O–H groups in total. The second kappa shape index (κ2) is 10.3. The van der Waals surface area contributed by atoms with Gasteiger partial charge in [0.2, 0.25) is 0 Å². The van der Waals surface area contributed by atoms with Crippen LogP contribution in [0.15, 0.2) is 24.4 Å². The van der Waals surface area contributed by atoms with Crippen molar-refractivity contribution in [2.24, 2.45) is 0 Å². The third-order valence-corrected chi connectivity index (χ3v) is 4.54. The number of nitrogens with one attached hydrogen (secondary N) is 2. The van der Waals surface area contributed by atoms with Crippen LogP contribution in [-0.2, 0) is 6.42 Å². The number of H-pyrrole nitrogens is 1. The van der Waals surface area contributed by atoms with Gasteiger partial charge in [0.15, 0.2) is 0 Å². The van der Waals surface area contributed by atoms with Gasteiger partial charge in [0.1, 0.15) is 5.75 Å². The number of unbranched alkanes of at least 4 members (excludes halogenated alkanes) is 7. The second-order valence-electron chi connectivity index (χ2n) is 6.49. The highest BCUT2D eigenvalue weighted by Crippen LogP contribution is 2.27. The van der Waals surface area contributed by atoms with Gasteiger partial charge in [-0.15, -0.1) is 0 Å². The molecule has 0 amide bonds. The van der Waals surface area contributed by atoms with Gasteiger partial charge in [-0.1, -0.05) is 57.9 Å². The van der Waals surface area contributed by atoms with Crippen LogP contribution in [0.25, 0.3) is 10.9 Å². The number of phenols is 1. The van der Waals surface area contributed by atoms with Crippen LogP contribution in [0.1, 0.15) is 63.9 Å². The highest BCUT2D eigenvalue weighted by atomic mass is 16.3. The first-order valence-corrected chi connectivity index (χ1v) is 9.31. The summed E-state index contributed by atoms with van der Waals surface area (Å²) >= 11 is 0. The molecule has 0 fully saturated rings. The molecule has 3 nitrogen and oxygen atoms in total. The Labute approximate surface area is 140 Å². The summed E-state index contributed by atoms with van der Waals surface area (Å²) in [5.41, 5.74) is 2.21. The highest BCUT2D eigenvalue weighted by Gasteiger charge is 2.07. The summed E-state index contributed by atoms with van der Waals surface area (Å²) in [5, 5.41) is 14.5. The van der Waals surface area contributed by atoms with E-state index in [9.17, 15) is 5.11 Å². The molecule has 1 aromatic heterocycles. The van der Waals surface area contributed by atoms with Gasteiger partial charge in [0.05, 0.1) is 0 Å². The molecule has 1 aromatic carbocycles. The van der Waals surface area contributed by atoms with E-state index >= 15 is 0 Å². The zero-order valence-corrected chi connectivity index (χ0v) is 14.5. The van der Waals surface area contributed by atoms with Crippen LogP contribution in [0.5, 0.6) is 5.75 Å². The van der Waals surface area contributed by atoms with Crippen molar-refractivity contribution in [2.45, 2.75) is 64.7 Å². The number of benzene rings is 1. The fourth-order valence-corrected chi connectivity index (χ4v) is 3.16. The van der Waals surface area contributed by atoms with E-state index in [4.69, 9.17) is 0 Å². The Kier molecular flexibility index (Phi) is 8.02. The largest absolute Gasteiger partial charge is 0.507 e. The van der Waals surface area contributed by atoms with Crippen molar-refractivity contribution in [2.75, 3.05) is 13.1 Å². The Balaban J connectivity index is 1.54. The van der Waals surface area contributed by atoms with E-state index in [1.807, 2.05) is 18.3 Å². The fraction of sp³-hybridized carbons (Fsp3) is 0.600. The summed E-state index contributed by atoms with van der Waals surface area (Å²) in [6.07, 6.45) is 13.9. The molecule has 1 heterocycles. The smallest absolute Gasteiger partial charge is 0.125 e. The molecule has 0 bridgehead atoms. The van der Waals surface area contributed by atoms with Gasteiger partial charge in [-0.3, -0.25) is 0 Å². The van der Waals surface area contributed by atoms with E-state index in [1.54, 1.807) is 6.07 Å². The van der Waals surface area contributed by atoms with Gasteiger partial charge in [0.25, 0.3) is 0 Å². The lowest BCUT2D eigenvalue weighted by atomic mass is 10.1. The first kappa shape index (κ1) is 17.9. The van der Waals surface area contributed by atoms with Crippen LogP contribution >= 0.6 is 0 Å². The predicted molar refractivity (Wildman–Crippen MR) is 99.1 cm³/mol. The molecule has 0 atom stereocenters. The third-order valence-electron chi connectivity index (χ3n) is 4.54. The van der Waals surface area contributed by atoms with Gasteiger partial charge >= 0.3 is 0 Å². The average molecular weight is 316 g/mol. The highest BCUT2D eigenvalue weighted by molar-refractivity contribution is 5.88. The maximum atomic E-state index is 9.98. The quantitative estimate of drug-likeness (QED) is 0.474. The number of phenolic OH excluding ortho intramolecular Hbond substituents is 1. The maximum absolute atomic E-state index is 9.98. The molecule has 2 aromatic rings. The van der Waals surface area contributed by atoms with Gasteiger partial charge in [-0.2, -0.15) is 0 Å². The molecule has 0 unspecified atom stereocenters. The van der Waals surface area contributed by atoms with E-state index in [-0.39, 0.29) is 0 Å². The maximum Gasteiger partial charge on any atom is 0.125 e. The monoisotopic (exact) mass is 316 g/mol. The summed E-state index contributed by atoms with van der Waals surface area (Å²) in [4.78, 5) is 3.23. The Bertz CT molecular complexity index is 562. The molecule has 2 rings (SSSR count). The number of fused-ring (bicyclic) bond motifs is 1. The summed E-state index contributed by atoms with van der Waals surface area (Å²) in [5.74, 6) is 0.377. The molecule has 0 saturated heterocycles. The molecular weight excluding hydrogens is 284 g/mol. The fourth-order valence-electron chi connectivity index (χ4n) is 3.16. The molecule has 0 radical (unpaired) electrons. The van der Waals surface area contributed by atoms with Crippen LogP contribution in [0.4, 0.5) is 0 Å². The lowest BCUT2D eigenvalue weighted by molar-refractivity contribution is 0.481. The summed E-state index contributed by atoms with van der Waals surface area (Å²) < 4.78 is 0. The lowest BCUT2D eigenvalue weighted by Gasteiger charge is -2.05. The number of aromatic nitrogens is 1. The molecule has 0 saturated carbocycles. The SMILES string of the molecule is CCCCCCCCCCNCCc1c[nH]c2cccc(O)c12. The van der Waals surface area contributed by atoms with Crippen LogP contribution in [0, 0.1) is 0 Å². The first-order chi connectivity index (χ1) is 11.3. The lowest BCUT2D eigenvalue weighted by Crippen LogP contribution is -2.18. The second-order valence-corrected chi connectivity index (χ2v) is 6.49. The molecule has 0 spiro atoms. The summed E-state index contributed by atoms with van der Waals surface area (Å²) in [6, 6.07) is 5.64. The number of hydrogen-bond acceptors (Lipinski definition) is 2. The molecule has 128 valence electrons. The van der Waals surface area contributed by atoms with Crippen LogP contribution in [0.2, 0.25) is 0 Å². The predicted octanol–water partition coefficient (Wildman–Crippen LogP) is 5.15. The van der Waals surface area contributed by atoms with Crippen LogP contribution in [0.3, 0.4) is 0 Å². The standard InChI is InChI=1S/C20H32N2O/c1-2-3-4-5-6-7-8-9-14-21-15-13-17-16-22-18-11-10-12-19(23)20(17)18/h10-12,16,21-23H,2-9,13-15H2,1H3. The Morgan fingerprint density at radius 2 is 1.70 bits per heavy atom. The van der Waals surface area contributed by atoms with E-state index < -0.39 is 0 Å². The number of aromatic hydroxyl groups is 1. The zero-order chi connectivity index (χ0) is 16.3. The Hall–Kier alpha value is -1.48. The van der Waals surface area contributed by atoms with E-state index in [0.717, 1.165) is 30.4 Å². The van der Waals surface area contributed by atoms with Crippen molar-refractivity contribution in [3.05, 3.63) is 30.0 Å². The van der Waals surface area contributed by atoms with Gasteiger partial charge in [0, 0.05) is 17.1 Å². The van der Waals surface area contributed by atoms with Gasteiger partial charge < -0.3 is 15.4 Å². The average Bonchev–Trinajstić information content (AvgIpc) is 2.97. The third kappa shape index (κ3) is 5.91. The summed E-state index contributed by atoms with van der Waals surface area (Å²) in [6.45, 7) is 4.34. The van der Waals surface area contributed by atoms with E-state index in [0.29, 0.717) is 5.75 Å². The first-order valence-electron chi connectivity index (χ1n) is 9.31. The van der Waals surface area contributed by atoms with Crippen molar-refractivity contribution in [3.63, 3.8) is 0 Å². The number of rotatable bonds is 12. The van der Waals surface area contributed by atoms with Crippen LogP contribution in [-0.4, -0.2) is 23.2 Å². The minimum atomic E-state index is 0.377. The van der Waals surface area contributed by atoms with E-state index in [1.165, 1.54) is 56.9 Å². The van der Waals surface area contributed by atoms with Gasteiger partial charge in [-0.05, 0) is 43.6 Å². The van der Waals surface area contributed by atoms with Crippen molar-refractivity contribution >= 4 is 10.9 Å². The normalized spacial score (nSPS) is 11.3. The Morgan fingerprint density at radius 3 is 2.48 bits per heavy atom. The topological polar surface area (TPSA) is 48.0 Å². The molecular formula is C20H32N2O. The van der Waals surface area contributed by atoms with Crippen molar-refractivity contribution in [3.8, 4) is 5.75 Å². The van der Waals surface area contributed by atoms with Crippen LogP contribution < -0.4 is 5.32 Å². The molecule has 23 heavy (non-hydrogen) atoms.